The molecule has 0 radical (unpaired) electrons. The summed E-state index contributed by atoms with van der Waals surface area (Å²) in [6.07, 6.45) is -0.721. The molecule has 0 spiro atoms. The molecule has 4 rings (SSSR count). The first kappa shape index (κ1) is 23.4. The van der Waals surface area contributed by atoms with Crippen molar-refractivity contribution in [2.24, 2.45) is 5.41 Å². The summed E-state index contributed by atoms with van der Waals surface area (Å²) in [5.74, 6) is 0. The number of rotatable bonds is 6. The second-order valence-electron chi connectivity index (χ2n) is 10.3. The zero-order valence-corrected chi connectivity index (χ0v) is 20.6. The number of nitrogens with one attached hydrogen (secondary N) is 1. The second-order valence-corrected chi connectivity index (χ2v) is 12.3. The van der Waals surface area contributed by atoms with Crippen molar-refractivity contribution >= 4 is 20.9 Å². The van der Waals surface area contributed by atoms with Crippen molar-refractivity contribution in [3.05, 3.63) is 59.8 Å². The first-order valence-electron chi connectivity index (χ1n) is 11.9. The molecule has 184 valence electrons. The van der Waals surface area contributed by atoms with E-state index in [-0.39, 0.29) is 11.0 Å². The van der Waals surface area contributed by atoms with Gasteiger partial charge in [-0.25, -0.2) is 13.1 Å². The number of sulfonamides is 1. The van der Waals surface area contributed by atoms with Gasteiger partial charge in [-0.3, -0.25) is 0 Å². The molecule has 1 N–H and O–H groups in total. The van der Waals surface area contributed by atoms with Crippen LogP contribution in [0.25, 0.3) is 22.0 Å². The summed E-state index contributed by atoms with van der Waals surface area (Å²) in [6, 6.07) is 8.81. The number of alkyl halides is 3. The molecule has 1 aliphatic carbocycles. The molecule has 1 unspecified atom stereocenters. The molecule has 1 aromatic heterocycles. The SMILES string of the molecule is [2H]C(C)(NS(=O)(=O)C1CCC1)c1cn(CC(C)(C)C)c2cc(-c3ccccc3C(F)(F)F)ccc12. The molecule has 2 aromatic carbocycles. The highest BCUT2D eigenvalue weighted by atomic mass is 32.2. The number of benzene rings is 2. The predicted molar refractivity (Wildman–Crippen MR) is 130 cm³/mol. The van der Waals surface area contributed by atoms with Gasteiger partial charge >= 0.3 is 6.18 Å². The first-order chi connectivity index (χ1) is 16.1. The van der Waals surface area contributed by atoms with Crippen LogP contribution in [0.3, 0.4) is 0 Å². The lowest BCUT2D eigenvalue weighted by Crippen LogP contribution is -2.39. The Labute approximate surface area is 200 Å². The lowest BCUT2D eigenvalue weighted by atomic mass is 9.96. The predicted octanol–water partition coefficient (Wildman–Crippen LogP) is 6.91. The average molecular weight is 494 g/mol. The van der Waals surface area contributed by atoms with Crippen LogP contribution in [0, 0.1) is 5.41 Å². The highest BCUT2D eigenvalue weighted by Crippen LogP contribution is 2.39. The van der Waals surface area contributed by atoms with Crippen LogP contribution in [0.15, 0.2) is 48.7 Å². The van der Waals surface area contributed by atoms with Gasteiger partial charge in [-0.2, -0.15) is 13.2 Å². The fourth-order valence-corrected chi connectivity index (χ4v) is 6.07. The highest BCUT2D eigenvalue weighted by molar-refractivity contribution is 7.90. The molecule has 1 atom stereocenters. The third-order valence-electron chi connectivity index (χ3n) is 6.26. The van der Waals surface area contributed by atoms with Crippen LogP contribution >= 0.6 is 0 Å². The Morgan fingerprint density at radius 3 is 2.41 bits per heavy atom. The first-order valence-corrected chi connectivity index (χ1v) is 13.0. The lowest BCUT2D eigenvalue weighted by molar-refractivity contribution is -0.137. The summed E-state index contributed by atoms with van der Waals surface area (Å²) in [7, 11) is -3.67. The van der Waals surface area contributed by atoms with Crippen molar-refractivity contribution in [1.82, 2.24) is 9.29 Å². The topological polar surface area (TPSA) is 51.1 Å². The Hall–Kier alpha value is -2.32. The van der Waals surface area contributed by atoms with Crippen LogP contribution < -0.4 is 4.72 Å². The van der Waals surface area contributed by atoms with Gasteiger partial charge in [0.2, 0.25) is 10.0 Å². The third-order valence-corrected chi connectivity index (χ3v) is 8.20. The average Bonchev–Trinajstić information content (AvgIpc) is 3.02. The smallest absolute Gasteiger partial charge is 0.347 e. The molecular weight excluding hydrogens is 461 g/mol. The molecule has 0 aliphatic heterocycles. The number of nitrogens with zero attached hydrogens (tertiary/aromatic N) is 1. The van der Waals surface area contributed by atoms with E-state index in [1.54, 1.807) is 30.5 Å². The van der Waals surface area contributed by atoms with Crippen molar-refractivity contribution in [3.8, 4) is 11.1 Å². The molecule has 4 nitrogen and oxygen atoms in total. The zero-order valence-electron chi connectivity index (χ0n) is 20.8. The van der Waals surface area contributed by atoms with Crippen molar-refractivity contribution < 1.29 is 23.0 Å². The Kier molecular flexibility index (Phi) is 6.01. The van der Waals surface area contributed by atoms with Crippen molar-refractivity contribution in [1.29, 1.82) is 0 Å². The molecule has 1 aliphatic rings. The molecular formula is C26H31F3N2O2S. The van der Waals surface area contributed by atoms with E-state index >= 15 is 0 Å². The minimum Gasteiger partial charge on any atom is -0.347 e. The molecule has 8 heteroatoms. The maximum atomic E-state index is 13.7. The molecule has 0 bridgehead atoms. The van der Waals surface area contributed by atoms with Crippen LogP contribution in [0.1, 0.15) is 65.5 Å². The number of hydrogen-bond donors (Lipinski definition) is 1. The molecule has 1 saturated carbocycles. The van der Waals surface area contributed by atoms with Crippen LogP contribution in [-0.2, 0) is 22.7 Å². The molecule has 0 amide bonds. The van der Waals surface area contributed by atoms with E-state index in [4.69, 9.17) is 1.37 Å². The summed E-state index contributed by atoms with van der Waals surface area (Å²) in [5, 5.41) is 0.150. The molecule has 0 saturated heterocycles. The normalized spacial score (nSPS) is 17.9. The van der Waals surface area contributed by atoms with E-state index in [1.165, 1.54) is 19.1 Å². The van der Waals surface area contributed by atoms with E-state index in [9.17, 15) is 21.6 Å². The Morgan fingerprint density at radius 1 is 1.15 bits per heavy atom. The molecule has 34 heavy (non-hydrogen) atoms. The van der Waals surface area contributed by atoms with E-state index in [0.29, 0.717) is 41.4 Å². The van der Waals surface area contributed by atoms with Gasteiger partial charge in [0.05, 0.1) is 12.2 Å². The van der Waals surface area contributed by atoms with Crippen LogP contribution in [-0.4, -0.2) is 18.2 Å². The van der Waals surface area contributed by atoms with E-state index in [0.717, 1.165) is 12.5 Å². The summed E-state index contributed by atoms with van der Waals surface area (Å²) < 4.78 is 80.0. The van der Waals surface area contributed by atoms with Crippen molar-refractivity contribution in [2.75, 3.05) is 0 Å². The number of aromatic nitrogens is 1. The van der Waals surface area contributed by atoms with E-state index in [1.807, 2.05) is 25.3 Å². The van der Waals surface area contributed by atoms with E-state index in [2.05, 4.69) is 4.72 Å². The van der Waals surface area contributed by atoms with Crippen molar-refractivity contribution in [2.45, 2.75) is 70.9 Å². The van der Waals surface area contributed by atoms with Crippen LogP contribution in [0.4, 0.5) is 13.2 Å². The van der Waals surface area contributed by atoms with Gasteiger partial charge in [-0.15, -0.1) is 0 Å². The maximum Gasteiger partial charge on any atom is 0.417 e. The Bertz CT molecular complexity index is 1350. The molecule has 3 aromatic rings. The Morgan fingerprint density at radius 2 is 1.82 bits per heavy atom. The molecule has 1 fully saturated rings. The summed E-state index contributed by atoms with van der Waals surface area (Å²) in [6.45, 7) is 8.17. The number of halogens is 3. The summed E-state index contributed by atoms with van der Waals surface area (Å²) in [5.41, 5.74) is 0.735. The summed E-state index contributed by atoms with van der Waals surface area (Å²) >= 11 is 0. The van der Waals surface area contributed by atoms with Gasteiger partial charge in [0.25, 0.3) is 0 Å². The van der Waals surface area contributed by atoms with Crippen LogP contribution in [0.5, 0.6) is 0 Å². The van der Waals surface area contributed by atoms with Gasteiger partial charge in [0.15, 0.2) is 0 Å². The van der Waals surface area contributed by atoms with Crippen LogP contribution in [0.2, 0.25) is 0 Å². The minimum absolute atomic E-state index is 0.0753. The second kappa shape index (κ2) is 8.72. The maximum absolute atomic E-state index is 13.7. The Balaban J connectivity index is 1.86. The largest absolute Gasteiger partial charge is 0.417 e. The van der Waals surface area contributed by atoms with Gasteiger partial charge in [-0.05, 0) is 54.0 Å². The standard InChI is InChI=1S/C26H31F3N2O2S/c1-17(30-34(32,33)19-8-7-9-19)22-15-31(16-25(2,3)4)24-14-18(12-13-21(22)24)20-10-5-6-11-23(20)26(27,28)29/h5-6,10-15,17,19,30H,7-9,16H2,1-4H3/i17D. The lowest BCUT2D eigenvalue weighted by Gasteiger charge is -2.27. The van der Waals surface area contributed by atoms with Gasteiger partial charge in [-0.1, -0.05) is 57.5 Å². The number of hydrogen-bond acceptors (Lipinski definition) is 2. The quantitative estimate of drug-likeness (QED) is 0.406. The fraction of sp³-hybridized carbons (Fsp3) is 0.462. The zero-order chi connectivity index (χ0) is 25.8. The third kappa shape index (κ3) is 5.03. The summed E-state index contributed by atoms with van der Waals surface area (Å²) in [4.78, 5) is 0. The van der Waals surface area contributed by atoms with Gasteiger partial charge in [0.1, 0.15) is 0 Å². The van der Waals surface area contributed by atoms with Crippen molar-refractivity contribution in [3.63, 3.8) is 0 Å². The minimum atomic E-state index is -4.50. The number of fused-ring (bicyclic) bond motifs is 1. The fourth-order valence-electron chi connectivity index (χ4n) is 4.41. The highest BCUT2D eigenvalue weighted by Gasteiger charge is 2.34. The van der Waals surface area contributed by atoms with Gasteiger partial charge in [0, 0.05) is 29.7 Å². The monoisotopic (exact) mass is 493 g/mol. The van der Waals surface area contributed by atoms with E-state index < -0.39 is 33.0 Å². The van der Waals surface area contributed by atoms with Gasteiger partial charge < -0.3 is 4.57 Å². The molecule has 1 heterocycles.